The fourth-order valence-corrected chi connectivity index (χ4v) is 1.39. The molecule has 0 aromatic heterocycles. The second-order valence-electron chi connectivity index (χ2n) is 3.22. The van der Waals surface area contributed by atoms with Gasteiger partial charge in [-0.05, 0) is 10.3 Å². The van der Waals surface area contributed by atoms with Gasteiger partial charge < -0.3 is 0 Å². The Morgan fingerprint density at radius 3 is 2.38 bits per heavy atom. The molecule has 0 aliphatic heterocycles. The van der Waals surface area contributed by atoms with Gasteiger partial charge in [-0.1, -0.05) is 19.3 Å². The van der Waals surface area contributed by atoms with Crippen molar-refractivity contribution in [2.45, 2.75) is 52.4 Å². The van der Waals surface area contributed by atoms with Crippen molar-refractivity contribution in [2.24, 2.45) is 0 Å². The Morgan fingerprint density at radius 1 is 1.31 bits per heavy atom. The van der Waals surface area contributed by atoms with Crippen molar-refractivity contribution in [2.75, 3.05) is 0 Å². The van der Waals surface area contributed by atoms with Gasteiger partial charge in [0.1, 0.15) is 0 Å². The maximum absolute atomic E-state index is 10.0. The molecule has 0 radical (unpaired) electrons. The van der Waals surface area contributed by atoms with Crippen molar-refractivity contribution in [1.29, 1.82) is 0 Å². The van der Waals surface area contributed by atoms with E-state index in [0.29, 0.717) is 0 Å². The summed E-state index contributed by atoms with van der Waals surface area (Å²) in [6.07, 6.45) is 8.95. The van der Waals surface area contributed by atoms with Crippen molar-refractivity contribution >= 4 is 52.3 Å². The Hall–Kier alpha value is 0.625. The van der Waals surface area contributed by atoms with E-state index in [0.717, 1.165) is 23.5 Å². The van der Waals surface area contributed by atoms with Gasteiger partial charge in [-0.15, -0.1) is 0 Å². The molecular weight excluding hydrogens is 425 g/mol. The quantitative estimate of drug-likeness (QED) is 0.242. The minimum atomic E-state index is 0.820. The molecule has 0 atom stereocenters. The fraction of sp³-hybridized carbons (Fsp3) is 0.667. The Morgan fingerprint density at radius 2 is 1.94 bits per heavy atom. The molecule has 0 saturated heterocycles. The average molecular weight is 444 g/mol. The zero-order valence-corrected chi connectivity index (χ0v) is 14.4. The molecule has 0 amide bonds. The standard InChI is InChI=1S/C6H10BIO.C6H9I/c1-2-3-4-5-6(8)7-9;1-2-3-4-5-6-7/h5H,2-4H2,1H3;2-4H2,1H3/b6-5-;. The van der Waals surface area contributed by atoms with E-state index < -0.39 is 0 Å². The van der Waals surface area contributed by atoms with Crippen LogP contribution in [0.1, 0.15) is 52.4 Å². The van der Waals surface area contributed by atoms with E-state index in [4.69, 9.17) is 0 Å². The van der Waals surface area contributed by atoms with E-state index in [2.05, 4.69) is 46.3 Å². The first-order valence-corrected chi connectivity index (χ1v) is 7.77. The van der Waals surface area contributed by atoms with E-state index in [9.17, 15) is 4.70 Å². The molecule has 90 valence electrons. The van der Waals surface area contributed by atoms with Crippen LogP contribution in [0.15, 0.2) is 9.56 Å². The van der Waals surface area contributed by atoms with Gasteiger partial charge in [0.05, 0.1) is 0 Å². The van der Waals surface area contributed by atoms with Crippen molar-refractivity contribution in [3.05, 3.63) is 9.56 Å². The van der Waals surface area contributed by atoms with Gasteiger partial charge in [0, 0.05) is 29.0 Å². The second-order valence-corrected chi connectivity index (χ2v) is 5.01. The normalized spacial score (nSPS) is 9.38. The van der Waals surface area contributed by atoms with E-state index in [1.807, 2.05) is 28.7 Å². The zero-order valence-electron chi connectivity index (χ0n) is 10.1. The molecule has 0 N–H and O–H groups in total. The number of hydrogen-bond acceptors (Lipinski definition) is 1. The van der Waals surface area contributed by atoms with E-state index in [-0.39, 0.29) is 0 Å². The molecule has 0 unspecified atom stereocenters. The number of unbranched alkanes of at least 4 members (excludes halogenated alkanes) is 4. The van der Waals surface area contributed by atoms with Crippen LogP contribution < -0.4 is 0 Å². The van der Waals surface area contributed by atoms with Gasteiger partial charge in [-0.2, -0.15) is 0 Å². The molecule has 0 fully saturated rings. The van der Waals surface area contributed by atoms with E-state index in [1.165, 1.54) is 25.7 Å². The van der Waals surface area contributed by atoms with Crippen LogP contribution in [0.5, 0.6) is 0 Å². The van der Waals surface area contributed by atoms with Crippen molar-refractivity contribution in [3.8, 4) is 9.85 Å². The SMILES string of the molecule is CCCC/C=C(\I)B=O.CCCCC#CI. The van der Waals surface area contributed by atoms with Crippen molar-refractivity contribution < 1.29 is 4.70 Å². The first-order valence-electron chi connectivity index (χ1n) is 5.62. The van der Waals surface area contributed by atoms with E-state index >= 15 is 0 Å². The third-order valence-electron chi connectivity index (χ3n) is 1.73. The average Bonchev–Trinajstić information content (AvgIpc) is 2.31. The monoisotopic (exact) mass is 444 g/mol. The topological polar surface area (TPSA) is 17.1 Å². The van der Waals surface area contributed by atoms with Crippen molar-refractivity contribution in [1.82, 2.24) is 0 Å². The summed E-state index contributed by atoms with van der Waals surface area (Å²) in [5.41, 5.74) is 0. The van der Waals surface area contributed by atoms with Gasteiger partial charge in [-0.25, -0.2) is 0 Å². The van der Waals surface area contributed by atoms with Gasteiger partial charge in [0.25, 0.3) is 0 Å². The molecule has 0 aromatic carbocycles. The Labute approximate surface area is 128 Å². The summed E-state index contributed by atoms with van der Waals surface area (Å²) in [7, 11) is 0.885. The molecule has 0 spiro atoms. The molecule has 0 rings (SSSR count). The van der Waals surface area contributed by atoms with E-state index in [1.54, 1.807) is 0 Å². The Kier molecular flexibility index (Phi) is 21.4. The summed E-state index contributed by atoms with van der Waals surface area (Å²) >= 11 is 4.10. The molecular formula is C12H19BI2O. The first kappa shape index (κ1) is 19.0. The van der Waals surface area contributed by atoms with Crippen LogP contribution in [0.3, 0.4) is 0 Å². The molecule has 0 aromatic rings. The van der Waals surface area contributed by atoms with Crippen LogP contribution in [0.25, 0.3) is 0 Å². The van der Waals surface area contributed by atoms with Crippen LogP contribution in [-0.4, -0.2) is 7.15 Å². The molecule has 0 aliphatic carbocycles. The van der Waals surface area contributed by atoms with Crippen LogP contribution in [-0.2, 0) is 4.70 Å². The van der Waals surface area contributed by atoms with Gasteiger partial charge in [0.2, 0.25) is 0 Å². The fourth-order valence-electron chi connectivity index (χ4n) is 0.805. The summed E-state index contributed by atoms with van der Waals surface area (Å²) in [4.78, 5) is 0. The predicted octanol–water partition coefficient (Wildman–Crippen LogP) is 5.08. The third kappa shape index (κ3) is 20.1. The Balaban J connectivity index is 0. The number of hydrogen-bond donors (Lipinski definition) is 0. The summed E-state index contributed by atoms with van der Waals surface area (Å²) < 4.78 is 13.7. The number of rotatable bonds is 6. The molecule has 4 heteroatoms. The van der Waals surface area contributed by atoms with Gasteiger partial charge in [-0.3, -0.25) is 0 Å². The van der Waals surface area contributed by atoms with Crippen LogP contribution >= 0.6 is 45.2 Å². The predicted molar refractivity (Wildman–Crippen MR) is 89.4 cm³/mol. The van der Waals surface area contributed by atoms with Crippen molar-refractivity contribution in [3.63, 3.8) is 0 Å². The third-order valence-corrected chi connectivity index (χ3v) is 2.81. The number of allylic oxidation sites excluding steroid dienone is 1. The minimum absolute atomic E-state index is 0.820. The first-order chi connectivity index (χ1) is 7.72. The Bertz CT molecular complexity index is 241. The molecule has 16 heavy (non-hydrogen) atoms. The summed E-state index contributed by atoms with van der Waals surface area (Å²) in [6, 6.07) is 0. The second kappa shape index (κ2) is 18.0. The maximum Gasteiger partial charge on any atom is 0.0181 e. The maximum atomic E-state index is 10.0. The van der Waals surface area contributed by atoms with Gasteiger partial charge in [0.15, 0.2) is 0 Å². The summed E-state index contributed by atoms with van der Waals surface area (Å²) in [5, 5.41) is 0. The van der Waals surface area contributed by atoms with Crippen LogP contribution in [0.2, 0.25) is 0 Å². The van der Waals surface area contributed by atoms with Gasteiger partial charge >= 0.3 is 70.2 Å². The zero-order chi connectivity index (χ0) is 12.6. The largest absolute Gasteiger partial charge is 0.0919 e. The molecule has 0 bridgehead atoms. The smallest absolute Gasteiger partial charge is 0.0181 e. The molecule has 0 heterocycles. The summed E-state index contributed by atoms with van der Waals surface area (Å²) in [5.74, 6) is 2.99. The number of halogens is 2. The molecule has 0 aliphatic rings. The van der Waals surface area contributed by atoms with Crippen LogP contribution in [0.4, 0.5) is 0 Å². The summed E-state index contributed by atoms with van der Waals surface area (Å²) in [6.45, 7) is 4.32. The van der Waals surface area contributed by atoms with Crippen LogP contribution in [0, 0.1) is 9.85 Å². The molecule has 1 nitrogen and oxygen atoms in total. The minimum Gasteiger partial charge on any atom is -0.0919 e. The molecule has 0 saturated carbocycles.